The van der Waals surface area contributed by atoms with Crippen LogP contribution in [0.15, 0.2) is 14.4 Å². The summed E-state index contributed by atoms with van der Waals surface area (Å²) in [6, 6.07) is -0.236. The van der Waals surface area contributed by atoms with Crippen LogP contribution in [0.1, 0.15) is 93.3 Å². The number of hydrogen-bond acceptors (Lipinski definition) is 6. The summed E-state index contributed by atoms with van der Waals surface area (Å²) in [4.78, 5) is 38.8. The minimum Gasteiger partial charge on any atom is -0.317 e. The van der Waals surface area contributed by atoms with E-state index in [0.717, 1.165) is 32.6 Å². The summed E-state index contributed by atoms with van der Waals surface area (Å²) in [7, 11) is 0. The molecule has 0 saturated carbocycles. The van der Waals surface area contributed by atoms with Gasteiger partial charge in [0.05, 0.1) is 0 Å². The van der Waals surface area contributed by atoms with Crippen molar-refractivity contribution in [2.45, 2.75) is 105 Å². The quantitative estimate of drug-likeness (QED) is 0.363. The summed E-state index contributed by atoms with van der Waals surface area (Å²) in [6.07, 6.45) is 1.49. The fraction of sp³-hybridized carbons (Fsp3) is 0.875. The van der Waals surface area contributed by atoms with Gasteiger partial charge >= 0.3 is 17.1 Å². The fourth-order valence-electron chi connectivity index (χ4n) is 3.91. The molecular formula is C24H48N6O3. The third-order valence-electron chi connectivity index (χ3n) is 5.98. The summed E-state index contributed by atoms with van der Waals surface area (Å²) >= 11 is 0. The van der Waals surface area contributed by atoms with Gasteiger partial charge in [0.15, 0.2) is 0 Å². The van der Waals surface area contributed by atoms with Crippen LogP contribution in [0.4, 0.5) is 0 Å². The molecule has 0 radical (unpaired) electrons. The molecule has 33 heavy (non-hydrogen) atoms. The van der Waals surface area contributed by atoms with E-state index < -0.39 is 17.1 Å². The molecule has 0 spiro atoms. The smallest absolute Gasteiger partial charge is 0.317 e. The summed E-state index contributed by atoms with van der Waals surface area (Å²) in [5, 5.41) is 10.6. The molecule has 1 aromatic heterocycles. The van der Waals surface area contributed by atoms with E-state index in [-0.39, 0.29) is 24.2 Å². The highest BCUT2D eigenvalue weighted by Gasteiger charge is 2.22. The van der Waals surface area contributed by atoms with Crippen LogP contribution in [0.3, 0.4) is 0 Å². The Hall–Kier alpha value is -1.71. The molecule has 9 nitrogen and oxygen atoms in total. The van der Waals surface area contributed by atoms with Gasteiger partial charge in [-0.15, -0.1) is 0 Å². The standard InChI is InChI=1S/C24H48N6O3/c1-10-25-13-21(14-26-16(2)3)15-27-19(8)11-12-20(9)30-23(32)28(17(4)5)22(31)29(18(6)7)24(30)33/h16-21,25-27H,10-15H2,1-9H3. The van der Waals surface area contributed by atoms with E-state index in [4.69, 9.17) is 0 Å². The maximum Gasteiger partial charge on any atom is 0.336 e. The number of nitrogens with zero attached hydrogens (tertiary/aromatic N) is 3. The van der Waals surface area contributed by atoms with Crippen molar-refractivity contribution in [1.29, 1.82) is 0 Å². The normalized spacial score (nSPS) is 14.9. The molecule has 1 heterocycles. The second-order valence-electron chi connectivity index (χ2n) is 10.1. The van der Waals surface area contributed by atoms with Crippen molar-refractivity contribution in [2.75, 3.05) is 26.2 Å². The Bertz CT molecular complexity index is 837. The van der Waals surface area contributed by atoms with Gasteiger partial charge in [0.1, 0.15) is 0 Å². The summed E-state index contributed by atoms with van der Waals surface area (Å²) in [5.74, 6) is 0.475. The number of aromatic nitrogens is 3. The highest BCUT2D eigenvalue weighted by atomic mass is 16.2. The van der Waals surface area contributed by atoms with Crippen LogP contribution in [0, 0.1) is 5.92 Å². The van der Waals surface area contributed by atoms with Gasteiger partial charge in [-0.2, -0.15) is 0 Å². The van der Waals surface area contributed by atoms with Crippen molar-refractivity contribution in [3.8, 4) is 0 Å². The zero-order valence-electron chi connectivity index (χ0n) is 22.3. The Kier molecular flexibility index (Phi) is 12.3. The summed E-state index contributed by atoms with van der Waals surface area (Å²) < 4.78 is 3.63. The zero-order valence-corrected chi connectivity index (χ0v) is 22.3. The first-order chi connectivity index (χ1) is 15.4. The van der Waals surface area contributed by atoms with Gasteiger partial charge in [0.2, 0.25) is 0 Å². The second kappa shape index (κ2) is 13.9. The van der Waals surface area contributed by atoms with Gasteiger partial charge in [-0.1, -0.05) is 20.8 Å². The maximum atomic E-state index is 13.0. The lowest BCUT2D eigenvalue weighted by Gasteiger charge is -2.24. The third kappa shape index (κ3) is 8.54. The van der Waals surface area contributed by atoms with Crippen LogP contribution >= 0.6 is 0 Å². The number of hydrogen-bond donors (Lipinski definition) is 3. The largest absolute Gasteiger partial charge is 0.336 e. The minimum atomic E-state index is -0.532. The van der Waals surface area contributed by atoms with Crippen LogP contribution in [-0.4, -0.2) is 52.0 Å². The van der Waals surface area contributed by atoms with Crippen molar-refractivity contribution in [2.24, 2.45) is 5.92 Å². The van der Waals surface area contributed by atoms with Gasteiger partial charge in [0.25, 0.3) is 0 Å². The Morgan fingerprint density at radius 2 is 1.15 bits per heavy atom. The van der Waals surface area contributed by atoms with Crippen molar-refractivity contribution in [3.63, 3.8) is 0 Å². The van der Waals surface area contributed by atoms with Gasteiger partial charge in [-0.25, -0.2) is 28.1 Å². The predicted octanol–water partition coefficient (Wildman–Crippen LogP) is 1.88. The molecule has 0 amide bonds. The molecule has 3 atom stereocenters. The van der Waals surface area contributed by atoms with Crippen molar-refractivity contribution in [3.05, 3.63) is 31.5 Å². The average molecular weight is 469 g/mol. The van der Waals surface area contributed by atoms with Crippen LogP contribution in [-0.2, 0) is 0 Å². The van der Waals surface area contributed by atoms with Crippen molar-refractivity contribution in [1.82, 2.24) is 29.7 Å². The van der Waals surface area contributed by atoms with E-state index in [0.29, 0.717) is 18.4 Å². The second-order valence-corrected chi connectivity index (χ2v) is 10.1. The summed E-state index contributed by atoms with van der Waals surface area (Å²) in [6.45, 7) is 21.3. The fourth-order valence-corrected chi connectivity index (χ4v) is 3.91. The summed E-state index contributed by atoms with van der Waals surface area (Å²) in [5.41, 5.74) is -1.57. The molecule has 192 valence electrons. The zero-order chi connectivity index (χ0) is 25.3. The first-order valence-corrected chi connectivity index (χ1v) is 12.6. The molecule has 9 heteroatoms. The Balaban J connectivity index is 2.91. The van der Waals surface area contributed by atoms with Crippen LogP contribution in [0.25, 0.3) is 0 Å². The Labute approximate surface area is 199 Å². The molecule has 0 saturated heterocycles. The van der Waals surface area contributed by atoms with E-state index in [2.05, 4.69) is 43.6 Å². The molecule has 0 bridgehead atoms. The lowest BCUT2D eigenvalue weighted by atomic mass is 10.1. The van der Waals surface area contributed by atoms with Crippen LogP contribution < -0.4 is 33.0 Å². The molecule has 0 aliphatic heterocycles. The Morgan fingerprint density at radius 3 is 1.61 bits per heavy atom. The van der Waals surface area contributed by atoms with Crippen LogP contribution in [0.2, 0.25) is 0 Å². The average Bonchev–Trinajstić information content (AvgIpc) is 2.70. The molecule has 1 rings (SSSR count). The molecule has 3 unspecified atom stereocenters. The van der Waals surface area contributed by atoms with E-state index >= 15 is 0 Å². The van der Waals surface area contributed by atoms with Gasteiger partial charge in [-0.05, 0) is 66.8 Å². The molecule has 3 N–H and O–H groups in total. The number of nitrogens with one attached hydrogen (secondary N) is 3. The first kappa shape index (κ1) is 29.3. The van der Waals surface area contributed by atoms with Gasteiger partial charge in [-0.3, -0.25) is 0 Å². The van der Waals surface area contributed by atoms with E-state index in [1.165, 1.54) is 13.7 Å². The topological polar surface area (TPSA) is 102 Å². The number of rotatable bonds is 15. The highest BCUT2D eigenvalue weighted by molar-refractivity contribution is 4.86. The molecule has 0 fully saturated rings. The minimum absolute atomic E-state index is 0.245. The molecule has 0 aliphatic rings. The SMILES string of the molecule is CCNCC(CNC(C)C)CNC(C)CCC(C)n1c(=O)n(C(C)C)c(=O)n(C(C)C)c1=O. The highest BCUT2D eigenvalue weighted by Crippen LogP contribution is 2.12. The molecule has 0 aliphatic carbocycles. The van der Waals surface area contributed by atoms with E-state index in [9.17, 15) is 14.4 Å². The predicted molar refractivity (Wildman–Crippen MR) is 137 cm³/mol. The monoisotopic (exact) mass is 468 g/mol. The molecule has 1 aromatic rings. The first-order valence-electron chi connectivity index (χ1n) is 12.6. The lowest BCUT2D eigenvalue weighted by Crippen LogP contribution is -2.56. The van der Waals surface area contributed by atoms with Crippen molar-refractivity contribution < 1.29 is 0 Å². The van der Waals surface area contributed by atoms with E-state index in [1.54, 1.807) is 27.7 Å². The van der Waals surface area contributed by atoms with Crippen LogP contribution in [0.5, 0.6) is 0 Å². The maximum absolute atomic E-state index is 13.0. The van der Waals surface area contributed by atoms with Gasteiger partial charge in [0, 0.05) is 49.8 Å². The van der Waals surface area contributed by atoms with Gasteiger partial charge < -0.3 is 16.0 Å². The lowest BCUT2D eigenvalue weighted by molar-refractivity contribution is 0.336. The Morgan fingerprint density at radius 1 is 0.667 bits per heavy atom. The molecule has 0 aromatic carbocycles. The molecular weight excluding hydrogens is 420 g/mol. The third-order valence-corrected chi connectivity index (χ3v) is 5.98. The van der Waals surface area contributed by atoms with Crippen molar-refractivity contribution >= 4 is 0 Å². The van der Waals surface area contributed by atoms with E-state index in [1.807, 2.05) is 6.92 Å².